The molecule has 3 heterocycles. The van der Waals surface area contributed by atoms with Crippen molar-refractivity contribution >= 4 is 11.0 Å². The average molecular weight is 387 g/mol. The number of rotatable bonds is 4. The van der Waals surface area contributed by atoms with Crippen LogP contribution in [0.5, 0.6) is 0 Å². The fourth-order valence-corrected chi connectivity index (χ4v) is 4.64. The topological polar surface area (TPSA) is 53.1 Å². The zero-order chi connectivity index (χ0) is 19.8. The first kappa shape index (κ1) is 18.1. The van der Waals surface area contributed by atoms with Gasteiger partial charge in [-0.3, -0.25) is 0 Å². The van der Waals surface area contributed by atoms with E-state index < -0.39 is 0 Å². The lowest BCUT2D eigenvalue weighted by atomic mass is 9.86. The summed E-state index contributed by atoms with van der Waals surface area (Å²) in [4.78, 5) is 4.72. The monoisotopic (exact) mass is 387 g/mol. The molecular weight excluding hydrogens is 362 g/mol. The number of fused-ring (bicyclic) bond motifs is 1. The van der Waals surface area contributed by atoms with Crippen molar-refractivity contribution in [3.05, 3.63) is 71.9 Å². The third kappa shape index (κ3) is 3.25. The smallest absolute Gasteiger partial charge is 0.141 e. The van der Waals surface area contributed by atoms with Crippen LogP contribution in [0.2, 0.25) is 0 Å². The molecule has 5 nitrogen and oxygen atoms in total. The Kier molecular flexibility index (Phi) is 4.68. The number of hydrogen-bond acceptors (Lipinski definition) is 4. The lowest BCUT2D eigenvalue weighted by Crippen LogP contribution is -2.26. The van der Waals surface area contributed by atoms with Crippen molar-refractivity contribution in [2.24, 2.45) is 5.92 Å². The lowest BCUT2D eigenvalue weighted by Gasteiger charge is -2.32. The van der Waals surface area contributed by atoms with Crippen LogP contribution in [-0.4, -0.2) is 27.9 Å². The summed E-state index contributed by atoms with van der Waals surface area (Å²) in [5.74, 6) is 1.36. The summed E-state index contributed by atoms with van der Waals surface area (Å²) >= 11 is 0. The molecule has 2 aromatic carbocycles. The normalized spacial score (nSPS) is 16.3. The minimum absolute atomic E-state index is 0.241. The SMILES string of the molecule is Cc1noc(C)c1-c1ccc2ncn([C@H](c3ccccc3)C3CCOCC3)c2c1. The quantitative estimate of drug-likeness (QED) is 0.475. The Bertz CT molecular complexity index is 1100. The molecule has 0 radical (unpaired) electrons. The largest absolute Gasteiger partial charge is 0.381 e. The number of nitrogens with zero attached hydrogens (tertiary/aromatic N) is 3. The van der Waals surface area contributed by atoms with Gasteiger partial charge in [0.1, 0.15) is 5.76 Å². The van der Waals surface area contributed by atoms with E-state index in [-0.39, 0.29) is 6.04 Å². The molecule has 0 N–H and O–H groups in total. The standard InChI is InChI=1S/C24H25N3O2/c1-16-23(17(2)29-26-16)20-8-9-21-22(14-20)27(15-25-21)24(18-6-4-3-5-7-18)19-10-12-28-13-11-19/h3-9,14-15,19,24H,10-13H2,1-2H3/t24-/m1/s1. The van der Waals surface area contributed by atoms with Crippen molar-refractivity contribution < 1.29 is 9.26 Å². The molecule has 29 heavy (non-hydrogen) atoms. The summed E-state index contributed by atoms with van der Waals surface area (Å²) < 4.78 is 13.4. The van der Waals surface area contributed by atoms with E-state index >= 15 is 0 Å². The number of benzene rings is 2. The van der Waals surface area contributed by atoms with Crippen LogP contribution in [0, 0.1) is 19.8 Å². The molecule has 1 saturated heterocycles. The summed E-state index contributed by atoms with van der Waals surface area (Å²) in [6.45, 7) is 5.60. The predicted octanol–water partition coefficient (Wildman–Crippen LogP) is 5.32. The van der Waals surface area contributed by atoms with E-state index in [9.17, 15) is 0 Å². The number of aromatic nitrogens is 3. The molecule has 0 aliphatic carbocycles. The minimum Gasteiger partial charge on any atom is -0.381 e. The fraction of sp³-hybridized carbons (Fsp3) is 0.333. The maximum atomic E-state index is 5.64. The average Bonchev–Trinajstić information content (AvgIpc) is 3.32. The summed E-state index contributed by atoms with van der Waals surface area (Å²) in [5, 5.41) is 4.13. The van der Waals surface area contributed by atoms with Gasteiger partial charge in [0.2, 0.25) is 0 Å². The predicted molar refractivity (Wildman–Crippen MR) is 113 cm³/mol. The van der Waals surface area contributed by atoms with Gasteiger partial charge in [-0.05, 0) is 55.9 Å². The van der Waals surface area contributed by atoms with E-state index in [1.165, 1.54) is 5.56 Å². The van der Waals surface area contributed by atoms with E-state index in [2.05, 4.69) is 58.3 Å². The highest BCUT2D eigenvalue weighted by Crippen LogP contribution is 2.37. The maximum Gasteiger partial charge on any atom is 0.141 e. The third-order valence-corrected chi connectivity index (χ3v) is 6.05. The number of hydrogen-bond donors (Lipinski definition) is 0. The summed E-state index contributed by atoms with van der Waals surface area (Å²) in [7, 11) is 0. The minimum atomic E-state index is 0.241. The Labute approximate surface area is 170 Å². The molecular formula is C24H25N3O2. The van der Waals surface area contributed by atoms with Crippen molar-refractivity contribution in [2.45, 2.75) is 32.7 Å². The van der Waals surface area contributed by atoms with Gasteiger partial charge < -0.3 is 13.8 Å². The van der Waals surface area contributed by atoms with Gasteiger partial charge in [-0.15, -0.1) is 0 Å². The van der Waals surface area contributed by atoms with Gasteiger partial charge in [0.05, 0.1) is 29.1 Å². The van der Waals surface area contributed by atoms with Crippen LogP contribution < -0.4 is 0 Å². The first-order chi connectivity index (χ1) is 14.2. The van der Waals surface area contributed by atoms with Crippen molar-refractivity contribution in [2.75, 3.05) is 13.2 Å². The van der Waals surface area contributed by atoms with E-state index in [0.717, 1.165) is 59.7 Å². The molecule has 2 aromatic heterocycles. The van der Waals surface area contributed by atoms with Gasteiger partial charge in [0, 0.05) is 18.8 Å². The van der Waals surface area contributed by atoms with Crippen LogP contribution in [0.1, 0.15) is 35.9 Å². The fourth-order valence-electron chi connectivity index (χ4n) is 4.64. The summed E-state index contributed by atoms with van der Waals surface area (Å²) in [6.07, 6.45) is 4.11. The molecule has 1 aliphatic rings. The molecule has 0 bridgehead atoms. The second-order valence-electron chi connectivity index (χ2n) is 7.86. The molecule has 0 unspecified atom stereocenters. The summed E-state index contributed by atoms with van der Waals surface area (Å²) in [6, 6.07) is 17.4. The van der Waals surface area contributed by atoms with Crippen molar-refractivity contribution in [3.63, 3.8) is 0 Å². The third-order valence-electron chi connectivity index (χ3n) is 6.05. The second kappa shape index (κ2) is 7.48. The van der Waals surface area contributed by atoms with E-state index in [1.54, 1.807) is 0 Å². The van der Waals surface area contributed by atoms with E-state index in [1.807, 2.05) is 20.2 Å². The van der Waals surface area contributed by atoms with Crippen LogP contribution in [0.15, 0.2) is 59.4 Å². The van der Waals surface area contributed by atoms with Crippen LogP contribution in [0.25, 0.3) is 22.2 Å². The lowest BCUT2D eigenvalue weighted by molar-refractivity contribution is 0.0547. The molecule has 4 aromatic rings. The maximum absolute atomic E-state index is 5.64. The summed E-state index contributed by atoms with van der Waals surface area (Å²) in [5.41, 5.74) is 6.58. The van der Waals surface area contributed by atoms with Crippen LogP contribution in [0.4, 0.5) is 0 Å². The molecule has 0 spiro atoms. The number of aryl methyl sites for hydroxylation is 2. The van der Waals surface area contributed by atoms with Crippen molar-refractivity contribution in [1.82, 2.24) is 14.7 Å². The zero-order valence-corrected chi connectivity index (χ0v) is 16.8. The number of imidazole rings is 1. The molecule has 1 atom stereocenters. The van der Waals surface area contributed by atoms with Crippen LogP contribution in [-0.2, 0) is 4.74 Å². The Morgan fingerprint density at radius 3 is 2.55 bits per heavy atom. The molecule has 0 saturated carbocycles. The first-order valence-corrected chi connectivity index (χ1v) is 10.2. The van der Waals surface area contributed by atoms with Gasteiger partial charge in [0.25, 0.3) is 0 Å². The van der Waals surface area contributed by atoms with Gasteiger partial charge >= 0.3 is 0 Å². The van der Waals surface area contributed by atoms with Crippen molar-refractivity contribution in [1.29, 1.82) is 0 Å². The molecule has 148 valence electrons. The van der Waals surface area contributed by atoms with E-state index in [4.69, 9.17) is 14.2 Å². The van der Waals surface area contributed by atoms with Gasteiger partial charge in [-0.1, -0.05) is 41.6 Å². The molecule has 5 heteroatoms. The Balaban J connectivity index is 1.66. The van der Waals surface area contributed by atoms with Gasteiger partial charge in [-0.25, -0.2) is 4.98 Å². The highest BCUT2D eigenvalue weighted by atomic mass is 16.5. The highest BCUT2D eigenvalue weighted by Gasteiger charge is 2.28. The van der Waals surface area contributed by atoms with E-state index in [0.29, 0.717) is 5.92 Å². The first-order valence-electron chi connectivity index (χ1n) is 10.2. The second-order valence-corrected chi connectivity index (χ2v) is 7.86. The number of ether oxygens (including phenoxy) is 1. The van der Waals surface area contributed by atoms with Crippen LogP contribution in [0.3, 0.4) is 0 Å². The van der Waals surface area contributed by atoms with Gasteiger partial charge in [-0.2, -0.15) is 0 Å². The Hall–Kier alpha value is -2.92. The highest BCUT2D eigenvalue weighted by molar-refractivity contribution is 5.83. The zero-order valence-electron chi connectivity index (χ0n) is 16.8. The van der Waals surface area contributed by atoms with Gasteiger partial charge in [0.15, 0.2) is 0 Å². The van der Waals surface area contributed by atoms with Crippen LogP contribution >= 0.6 is 0 Å². The molecule has 0 amide bonds. The molecule has 5 rings (SSSR count). The van der Waals surface area contributed by atoms with Crippen molar-refractivity contribution in [3.8, 4) is 11.1 Å². The Morgan fingerprint density at radius 1 is 1.03 bits per heavy atom. The molecule has 1 aliphatic heterocycles. The molecule has 1 fully saturated rings. The Morgan fingerprint density at radius 2 is 1.83 bits per heavy atom.